The number of aromatic amines is 2. The van der Waals surface area contributed by atoms with Crippen LogP contribution in [0.15, 0.2) is 75.4 Å². The molecule has 0 atom stereocenters. The molecule has 2 aromatic carbocycles. The van der Waals surface area contributed by atoms with Gasteiger partial charge in [-0.25, -0.2) is 22.3 Å². The number of para-hydroxylation sites is 2. The van der Waals surface area contributed by atoms with Crippen molar-refractivity contribution in [2.45, 2.75) is 4.90 Å². The summed E-state index contributed by atoms with van der Waals surface area (Å²) in [4.78, 5) is 26.3. The van der Waals surface area contributed by atoms with Crippen LogP contribution in [-0.4, -0.2) is 33.4 Å². The number of benzene rings is 2. The van der Waals surface area contributed by atoms with Crippen molar-refractivity contribution in [1.29, 1.82) is 0 Å². The number of halogens is 1. The molecule has 0 unspecified atom stereocenters. The molecule has 152 valence electrons. The van der Waals surface area contributed by atoms with E-state index in [0.717, 1.165) is 6.20 Å². The molecule has 10 nitrogen and oxygen atoms in total. The molecule has 0 saturated carbocycles. The van der Waals surface area contributed by atoms with E-state index in [1.165, 1.54) is 29.1 Å². The summed E-state index contributed by atoms with van der Waals surface area (Å²) in [5.41, 5.74) is -0.979. The first-order chi connectivity index (χ1) is 14.3. The first-order valence-electron chi connectivity index (χ1n) is 8.46. The molecule has 0 amide bonds. The van der Waals surface area contributed by atoms with Gasteiger partial charge in [-0.1, -0.05) is 35.5 Å². The third-order valence-corrected chi connectivity index (χ3v) is 5.49. The lowest BCUT2D eigenvalue weighted by Gasteiger charge is -2.10. The number of rotatable bonds is 5. The Morgan fingerprint density at radius 1 is 1.03 bits per heavy atom. The van der Waals surface area contributed by atoms with Gasteiger partial charge in [-0.2, -0.15) is 0 Å². The highest BCUT2D eigenvalue weighted by Gasteiger charge is 2.21. The van der Waals surface area contributed by atoms with Crippen molar-refractivity contribution in [2.24, 2.45) is 0 Å². The fraction of sp³-hybridized carbons (Fsp3) is 0. The Labute approximate surface area is 168 Å². The summed E-state index contributed by atoms with van der Waals surface area (Å²) in [5, 5.41) is 7.89. The maximum absolute atomic E-state index is 14.0. The van der Waals surface area contributed by atoms with Crippen LogP contribution in [0.4, 0.5) is 10.1 Å². The largest absolute Gasteiger partial charge is 0.325 e. The Morgan fingerprint density at radius 2 is 1.77 bits per heavy atom. The molecule has 2 aromatic heterocycles. The predicted octanol–water partition coefficient (Wildman–Crippen LogP) is 1.25. The van der Waals surface area contributed by atoms with E-state index in [0.29, 0.717) is 5.56 Å². The highest BCUT2D eigenvalue weighted by molar-refractivity contribution is 7.92. The van der Waals surface area contributed by atoms with Crippen LogP contribution in [0.5, 0.6) is 0 Å². The topological polar surface area (TPSA) is 143 Å². The highest BCUT2D eigenvalue weighted by Crippen LogP contribution is 2.28. The minimum absolute atomic E-state index is 0.115. The molecule has 0 fully saturated rings. The van der Waals surface area contributed by atoms with Gasteiger partial charge in [0.1, 0.15) is 17.2 Å². The standard InChI is InChI=1S/C18H13FN6O4S/c19-12-6-2-4-8-15(12)25-10-14(22-24-25)11-5-1-3-7-13(11)23-30(28,29)16-9-20-18(27)21-17(16)26/h1-10,23H,(H2,20,21,26,27). The van der Waals surface area contributed by atoms with Crippen LogP contribution in [0.3, 0.4) is 0 Å². The molecular weight excluding hydrogens is 415 g/mol. The van der Waals surface area contributed by atoms with Gasteiger partial charge < -0.3 is 4.98 Å². The molecule has 0 aliphatic carbocycles. The molecule has 4 rings (SSSR count). The molecule has 30 heavy (non-hydrogen) atoms. The van der Waals surface area contributed by atoms with Crippen LogP contribution in [-0.2, 0) is 10.0 Å². The number of nitrogens with zero attached hydrogens (tertiary/aromatic N) is 3. The van der Waals surface area contributed by atoms with Gasteiger partial charge in [-0.05, 0) is 18.2 Å². The van der Waals surface area contributed by atoms with E-state index in [2.05, 4.69) is 20.0 Å². The lowest BCUT2D eigenvalue weighted by molar-refractivity contribution is 0.599. The van der Waals surface area contributed by atoms with Crippen LogP contribution >= 0.6 is 0 Å². The molecule has 0 aliphatic heterocycles. The summed E-state index contributed by atoms with van der Waals surface area (Å²) < 4.78 is 42.8. The Kier molecular flexibility index (Phi) is 4.75. The molecule has 0 saturated heterocycles. The van der Waals surface area contributed by atoms with Crippen LogP contribution in [0.1, 0.15) is 0 Å². The number of H-pyrrole nitrogens is 2. The van der Waals surface area contributed by atoms with E-state index in [-0.39, 0.29) is 17.1 Å². The van der Waals surface area contributed by atoms with Crippen LogP contribution in [0.25, 0.3) is 16.9 Å². The van der Waals surface area contributed by atoms with E-state index in [1.54, 1.807) is 30.3 Å². The molecule has 0 spiro atoms. The van der Waals surface area contributed by atoms with Crippen molar-refractivity contribution in [1.82, 2.24) is 25.0 Å². The molecule has 0 bridgehead atoms. The van der Waals surface area contributed by atoms with Gasteiger partial charge in [0.25, 0.3) is 15.6 Å². The average molecular weight is 428 g/mol. The third kappa shape index (κ3) is 3.63. The average Bonchev–Trinajstić information content (AvgIpc) is 3.18. The zero-order valence-corrected chi connectivity index (χ0v) is 15.9. The summed E-state index contributed by atoms with van der Waals surface area (Å²) in [5.74, 6) is -0.500. The first-order valence-corrected chi connectivity index (χ1v) is 9.95. The number of hydrogen-bond donors (Lipinski definition) is 3. The molecule has 0 radical (unpaired) electrons. The predicted molar refractivity (Wildman–Crippen MR) is 105 cm³/mol. The summed E-state index contributed by atoms with van der Waals surface area (Å²) in [6, 6.07) is 12.3. The van der Waals surface area contributed by atoms with Crippen molar-refractivity contribution in [3.05, 3.63) is 87.6 Å². The van der Waals surface area contributed by atoms with Crippen molar-refractivity contribution in [3.8, 4) is 16.9 Å². The number of sulfonamides is 1. The van der Waals surface area contributed by atoms with E-state index in [4.69, 9.17) is 0 Å². The quantitative estimate of drug-likeness (QED) is 0.437. The van der Waals surface area contributed by atoms with E-state index < -0.39 is 32.0 Å². The lowest BCUT2D eigenvalue weighted by Crippen LogP contribution is -2.29. The van der Waals surface area contributed by atoms with Crippen LogP contribution in [0, 0.1) is 5.82 Å². The van der Waals surface area contributed by atoms with E-state index in [9.17, 15) is 22.4 Å². The third-order valence-electron chi connectivity index (χ3n) is 4.11. The number of nitrogens with one attached hydrogen (secondary N) is 3. The summed E-state index contributed by atoms with van der Waals surface area (Å²) >= 11 is 0. The SMILES string of the molecule is O=c1[nH]cc(S(=O)(=O)Nc2ccccc2-c2cn(-c3ccccc3F)nn2)c(=O)[nH]1. The second kappa shape index (κ2) is 7.40. The maximum atomic E-state index is 14.0. The highest BCUT2D eigenvalue weighted by atomic mass is 32.2. The Balaban J connectivity index is 1.73. The number of hydrogen-bond acceptors (Lipinski definition) is 6. The minimum atomic E-state index is -4.32. The fourth-order valence-corrected chi connectivity index (χ4v) is 3.82. The van der Waals surface area contributed by atoms with E-state index in [1.807, 2.05) is 4.98 Å². The Morgan fingerprint density at radius 3 is 2.53 bits per heavy atom. The van der Waals surface area contributed by atoms with Crippen LogP contribution < -0.4 is 16.0 Å². The lowest BCUT2D eigenvalue weighted by atomic mass is 10.1. The van der Waals surface area contributed by atoms with Crippen molar-refractivity contribution >= 4 is 15.7 Å². The monoisotopic (exact) mass is 428 g/mol. The van der Waals surface area contributed by atoms with Gasteiger partial charge >= 0.3 is 5.69 Å². The zero-order valence-electron chi connectivity index (χ0n) is 15.0. The number of anilines is 1. The summed E-state index contributed by atoms with van der Waals surface area (Å²) in [6.45, 7) is 0. The molecule has 0 aliphatic rings. The smallest absolute Gasteiger partial charge is 0.313 e. The van der Waals surface area contributed by atoms with Crippen molar-refractivity contribution < 1.29 is 12.8 Å². The summed E-state index contributed by atoms with van der Waals surface area (Å²) in [7, 11) is -4.32. The Hall–Kier alpha value is -4.06. The van der Waals surface area contributed by atoms with Crippen LogP contribution in [0.2, 0.25) is 0 Å². The van der Waals surface area contributed by atoms with Gasteiger partial charge in [0.2, 0.25) is 0 Å². The Bertz CT molecular complexity index is 1460. The molecular formula is C18H13FN6O4S. The first kappa shape index (κ1) is 19.3. The second-order valence-corrected chi connectivity index (χ2v) is 7.74. The second-order valence-electron chi connectivity index (χ2n) is 6.09. The number of aromatic nitrogens is 5. The van der Waals surface area contributed by atoms with Gasteiger partial charge in [0, 0.05) is 11.8 Å². The fourth-order valence-electron chi connectivity index (χ4n) is 2.73. The normalized spacial score (nSPS) is 11.4. The summed E-state index contributed by atoms with van der Waals surface area (Å²) in [6.07, 6.45) is 2.25. The van der Waals surface area contributed by atoms with Crippen molar-refractivity contribution in [2.75, 3.05) is 4.72 Å². The zero-order chi connectivity index (χ0) is 21.3. The van der Waals surface area contributed by atoms with Gasteiger partial charge in [-0.3, -0.25) is 14.5 Å². The van der Waals surface area contributed by atoms with Gasteiger partial charge in [0.05, 0.1) is 11.9 Å². The molecule has 4 aromatic rings. The molecule has 3 N–H and O–H groups in total. The maximum Gasteiger partial charge on any atom is 0.325 e. The van der Waals surface area contributed by atoms with Gasteiger partial charge in [0.15, 0.2) is 4.90 Å². The van der Waals surface area contributed by atoms with E-state index >= 15 is 0 Å². The van der Waals surface area contributed by atoms with Crippen molar-refractivity contribution in [3.63, 3.8) is 0 Å². The molecule has 2 heterocycles. The molecule has 12 heteroatoms. The minimum Gasteiger partial charge on any atom is -0.313 e. The van der Waals surface area contributed by atoms with Gasteiger partial charge in [-0.15, -0.1) is 5.10 Å².